The second-order valence-corrected chi connectivity index (χ2v) is 9.50. The summed E-state index contributed by atoms with van der Waals surface area (Å²) in [6, 6.07) is 31.0. The van der Waals surface area contributed by atoms with E-state index in [0.29, 0.717) is 17.2 Å². The van der Waals surface area contributed by atoms with E-state index in [1.807, 2.05) is 97.9 Å². The molecule has 0 spiro atoms. The van der Waals surface area contributed by atoms with Crippen LogP contribution in [0, 0.1) is 0 Å². The molecule has 5 rings (SSSR count). The maximum Gasteiger partial charge on any atom is 0.261 e. The summed E-state index contributed by atoms with van der Waals surface area (Å²) in [4.78, 5) is 39.4. The van der Waals surface area contributed by atoms with Crippen molar-refractivity contribution in [3.8, 4) is 22.6 Å². The second-order valence-electron chi connectivity index (χ2n) is 9.50. The number of hydrazine groups is 1. The van der Waals surface area contributed by atoms with Gasteiger partial charge < -0.3 is 10.1 Å². The molecule has 4 aromatic rings. The van der Waals surface area contributed by atoms with E-state index < -0.39 is 17.9 Å². The van der Waals surface area contributed by atoms with Crippen LogP contribution in [0.3, 0.4) is 0 Å². The first kappa shape index (κ1) is 25.7. The van der Waals surface area contributed by atoms with Crippen LogP contribution in [0.1, 0.15) is 30.9 Å². The molecule has 7 heteroatoms. The van der Waals surface area contributed by atoms with Crippen LogP contribution < -0.4 is 20.5 Å². The average molecular weight is 520 g/mol. The van der Waals surface area contributed by atoms with Crippen molar-refractivity contribution in [2.45, 2.75) is 32.2 Å². The van der Waals surface area contributed by atoms with Gasteiger partial charge in [0.25, 0.3) is 11.8 Å². The molecule has 1 aliphatic rings. The molecule has 0 saturated carbocycles. The van der Waals surface area contributed by atoms with Crippen LogP contribution in [0.4, 0.5) is 5.69 Å². The van der Waals surface area contributed by atoms with Crippen LogP contribution in [-0.4, -0.2) is 23.8 Å². The first-order valence-electron chi connectivity index (χ1n) is 12.8. The number of nitrogens with zero attached hydrogens (tertiary/aromatic N) is 1. The molecular formula is C32H29N3O4. The highest BCUT2D eigenvalue weighted by Crippen LogP contribution is 2.40. The molecule has 196 valence electrons. The number of benzene rings is 4. The number of hydrogen-bond acceptors (Lipinski definition) is 4. The standard InChI is InChI=1S/C32H29N3O4/c1-21-26-15-6-7-16-27(26)28-17-8-9-18-29(28)35(32(21)38)34-31(37)22(2)33-30(36)20-23-11-10-14-25(19-23)39-24-12-4-3-5-13-24/h3-19,21-22H,20H2,1-2H3,(H,33,36)(H,34,37)/t21?,22-/m0/s1. The molecule has 39 heavy (non-hydrogen) atoms. The number of anilines is 1. The molecule has 0 saturated heterocycles. The van der Waals surface area contributed by atoms with E-state index in [4.69, 9.17) is 4.74 Å². The minimum absolute atomic E-state index is 0.0709. The van der Waals surface area contributed by atoms with Gasteiger partial charge in [0.05, 0.1) is 18.0 Å². The minimum Gasteiger partial charge on any atom is -0.457 e. The Morgan fingerprint density at radius 2 is 1.51 bits per heavy atom. The monoisotopic (exact) mass is 519 g/mol. The molecule has 0 aromatic heterocycles. The van der Waals surface area contributed by atoms with Gasteiger partial charge in [-0.1, -0.05) is 72.8 Å². The zero-order valence-electron chi connectivity index (χ0n) is 21.8. The Bertz CT molecular complexity index is 1520. The number of fused-ring (bicyclic) bond motifs is 3. The van der Waals surface area contributed by atoms with Crippen molar-refractivity contribution in [2.24, 2.45) is 0 Å². The largest absolute Gasteiger partial charge is 0.457 e. The number of nitrogens with one attached hydrogen (secondary N) is 2. The zero-order valence-corrected chi connectivity index (χ0v) is 21.8. The maximum absolute atomic E-state index is 13.5. The fraction of sp³-hybridized carbons (Fsp3) is 0.156. The van der Waals surface area contributed by atoms with Crippen LogP contribution >= 0.6 is 0 Å². The summed E-state index contributed by atoms with van der Waals surface area (Å²) in [5.74, 6) is -0.223. The molecule has 0 bridgehead atoms. The zero-order chi connectivity index (χ0) is 27.4. The fourth-order valence-corrected chi connectivity index (χ4v) is 4.67. The van der Waals surface area contributed by atoms with Gasteiger partial charge in [-0.3, -0.25) is 19.8 Å². The molecule has 3 amide bonds. The number of rotatable bonds is 7. The number of para-hydroxylation sites is 2. The normalized spacial score (nSPS) is 14.9. The van der Waals surface area contributed by atoms with Gasteiger partial charge in [0, 0.05) is 5.56 Å². The summed E-state index contributed by atoms with van der Waals surface area (Å²) in [5, 5.41) is 4.04. The number of carbonyl (C=O) groups excluding carboxylic acids is 3. The fourth-order valence-electron chi connectivity index (χ4n) is 4.67. The maximum atomic E-state index is 13.5. The molecule has 1 aliphatic heterocycles. The molecule has 1 heterocycles. The lowest BCUT2D eigenvalue weighted by Crippen LogP contribution is -2.54. The topological polar surface area (TPSA) is 87.7 Å². The number of hydrogen-bond donors (Lipinski definition) is 2. The Hall–Kier alpha value is -4.91. The van der Waals surface area contributed by atoms with Crippen molar-refractivity contribution < 1.29 is 19.1 Å². The Morgan fingerprint density at radius 3 is 2.31 bits per heavy atom. The highest BCUT2D eigenvalue weighted by Gasteiger charge is 2.33. The van der Waals surface area contributed by atoms with E-state index in [1.54, 1.807) is 19.1 Å². The average Bonchev–Trinajstić information content (AvgIpc) is 3.03. The molecule has 0 fully saturated rings. The van der Waals surface area contributed by atoms with E-state index in [1.165, 1.54) is 5.01 Å². The summed E-state index contributed by atoms with van der Waals surface area (Å²) in [7, 11) is 0. The summed E-state index contributed by atoms with van der Waals surface area (Å²) in [6.07, 6.45) is 0.0709. The van der Waals surface area contributed by atoms with Gasteiger partial charge in [0.2, 0.25) is 5.91 Å². The molecule has 4 aromatic carbocycles. The van der Waals surface area contributed by atoms with Gasteiger partial charge in [0.15, 0.2) is 0 Å². The van der Waals surface area contributed by atoms with Crippen LogP contribution in [0.5, 0.6) is 11.5 Å². The van der Waals surface area contributed by atoms with Gasteiger partial charge in [-0.05, 0) is 60.9 Å². The van der Waals surface area contributed by atoms with Crippen LogP contribution in [0.15, 0.2) is 103 Å². The predicted octanol–water partition coefficient (Wildman–Crippen LogP) is 5.37. The van der Waals surface area contributed by atoms with Gasteiger partial charge >= 0.3 is 0 Å². The first-order chi connectivity index (χ1) is 18.9. The quantitative estimate of drug-likeness (QED) is 0.343. The van der Waals surface area contributed by atoms with Crippen molar-refractivity contribution in [3.05, 3.63) is 114 Å². The third-order valence-corrected chi connectivity index (χ3v) is 6.69. The van der Waals surface area contributed by atoms with Crippen molar-refractivity contribution in [2.75, 3.05) is 5.01 Å². The molecule has 2 atom stereocenters. The third-order valence-electron chi connectivity index (χ3n) is 6.69. The SMILES string of the molecule is CC1C(=O)N(NC(=O)[C@H](C)NC(=O)Cc2cccc(Oc3ccccc3)c2)c2ccccc2-c2ccccc21. The Balaban J connectivity index is 1.26. The van der Waals surface area contributed by atoms with Crippen molar-refractivity contribution in [1.82, 2.24) is 10.7 Å². The Labute approximate surface area is 227 Å². The molecule has 7 nitrogen and oxygen atoms in total. The number of ether oxygens (including phenoxy) is 1. The summed E-state index contributed by atoms with van der Waals surface area (Å²) >= 11 is 0. The van der Waals surface area contributed by atoms with Gasteiger partial charge in [-0.25, -0.2) is 5.01 Å². The van der Waals surface area contributed by atoms with Crippen LogP contribution in [0.2, 0.25) is 0 Å². The molecule has 2 N–H and O–H groups in total. The lowest BCUT2D eigenvalue weighted by Gasteiger charge is -2.27. The van der Waals surface area contributed by atoms with Crippen LogP contribution in [-0.2, 0) is 20.8 Å². The summed E-state index contributed by atoms with van der Waals surface area (Å²) < 4.78 is 5.85. The van der Waals surface area contributed by atoms with Crippen molar-refractivity contribution in [1.29, 1.82) is 0 Å². The molecular weight excluding hydrogens is 490 g/mol. The summed E-state index contributed by atoms with van der Waals surface area (Å²) in [5.41, 5.74) is 6.77. The predicted molar refractivity (Wildman–Crippen MR) is 150 cm³/mol. The minimum atomic E-state index is -0.873. The van der Waals surface area contributed by atoms with E-state index in [9.17, 15) is 14.4 Å². The summed E-state index contributed by atoms with van der Waals surface area (Å²) in [6.45, 7) is 3.42. The van der Waals surface area contributed by atoms with E-state index in [-0.39, 0.29) is 18.2 Å². The lowest BCUT2D eigenvalue weighted by atomic mass is 9.92. The smallest absolute Gasteiger partial charge is 0.261 e. The van der Waals surface area contributed by atoms with Crippen molar-refractivity contribution in [3.63, 3.8) is 0 Å². The second kappa shape index (κ2) is 11.2. The molecule has 0 aliphatic carbocycles. The Kier molecular flexibility index (Phi) is 7.41. The first-order valence-corrected chi connectivity index (χ1v) is 12.8. The van der Waals surface area contributed by atoms with Crippen LogP contribution in [0.25, 0.3) is 11.1 Å². The third kappa shape index (κ3) is 5.67. The molecule has 0 radical (unpaired) electrons. The van der Waals surface area contributed by atoms with Gasteiger partial charge in [-0.15, -0.1) is 0 Å². The van der Waals surface area contributed by atoms with Crippen molar-refractivity contribution >= 4 is 23.4 Å². The van der Waals surface area contributed by atoms with Gasteiger partial charge in [0.1, 0.15) is 17.5 Å². The van der Waals surface area contributed by atoms with E-state index in [2.05, 4.69) is 10.7 Å². The van der Waals surface area contributed by atoms with E-state index >= 15 is 0 Å². The lowest BCUT2D eigenvalue weighted by molar-refractivity contribution is -0.130. The van der Waals surface area contributed by atoms with Gasteiger partial charge in [-0.2, -0.15) is 0 Å². The number of amides is 3. The van der Waals surface area contributed by atoms with E-state index in [0.717, 1.165) is 22.3 Å². The Morgan fingerprint density at radius 1 is 0.846 bits per heavy atom. The molecule has 1 unspecified atom stereocenters. The number of carbonyl (C=O) groups is 3. The highest BCUT2D eigenvalue weighted by molar-refractivity contribution is 6.06. The highest BCUT2D eigenvalue weighted by atomic mass is 16.5.